The summed E-state index contributed by atoms with van der Waals surface area (Å²) < 4.78 is 32.8. The van der Waals surface area contributed by atoms with Gasteiger partial charge in [-0.15, -0.1) is 0 Å². The second-order valence-electron chi connectivity index (χ2n) is 7.50. The molecule has 0 saturated heterocycles. The minimum atomic E-state index is -3.44. The van der Waals surface area contributed by atoms with E-state index in [1.54, 1.807) is 20.8 Å². The Morgan fingerprint density at radius 1 is 1.14 bits per heavy atom. The highest BCUT2D eigenvalue weighted by Gasteiger charge is 2.73. The largest absolute Gasteiger partial charge is 0.444 e. The lowest BCUT2D eigenvalue weighted by Gasteiger charge is -2.19. The van der Waals surface area contributed by atoms with Crippen LogP contribution in [0.2, 0.25) is 0 Å². The van der Waals surface area contributed by atoms with E-state index in [0.717, 1.165) is 0 Å². The number of hydrogen-bond acceptors (Lipinski definition) is 6. The maximum absolute atomic E-state index is 13.9. The summed E-state index contributed by atoms with van der Waals surface area (Å²) in [5, 5.41) is 2.35. The van der Waals surface area contributed by atoms with Gasteiger partial charge in [0.15, 0.2) is 0 Å². The number of imide groups is 1. The van der Waals surface area contributed by atoms with E-state index in [9.17, 15) is 28.0 Å². The summed E-state index contributed by atoms with van der Waals surface area (Å²) in [7, 11) is 0. The first-order valence-corrected chi connectivity index (χ1v) is 8.48. The molecule has 2 aliphatic rings. The summed E-state index contributed by atoms with van der Waals surface area (Å²) in [6.07, 6.45) is -0.900. The second kappa shape index (κ2) is 6.54. The van der Waals surface area contributed by atoms with Gasteiger partial charge in [0, 0.05) is 6.54 Å². The SMILES string of the molecule is CC(C)(C)OC(=O)NC[C@@H]1[C@H](C(=O)ON2C(=O)c3ccccc3C2=O)C1(F)F. The fourth-order valence-corrected chi connectivity index (χ4v) is 2.87. The molecule has 3 rings (SSSR count). The third-order valence-corrected chi connectivity index (χ3v) is 4.26. The lowest BCUT2D eigenvalue weighted by atomic mass is 10.1. The molecule has 1 aliphatic heterocycles. The zero-order valence-electron chi connectivity index (χ0n) is 15.3. The molecule has 0 bridgehead atoms. The molecule has 1 fully saturated rings. The summed E-state index contributed by atoms with van der Waals surface area (Å²) in [5.41, 5.74) is -0.767. The number of hydroxylamine groups is 2. The van der Waals surface area contributed by atoms with Gasteiger partial charge in [0.05, 0.1) is 17.0 Å². The van der Waals surface area contributed by atoms with Gasteiger partial charge in [0.1, 0.15) is 11.5 Å². The van der Waals surface area contributed by atoms with Crippen LogP contribution in [0, 0.1) is 11.8 Å². The maximum atomic E-state index is 13.9. The van der Waals surface area contributed by atoms with Crippen LogP contribution in [0.15, 0.2) is 24.3 Å². The van der Waals surface area contributed by atoms with E-state index in [0.29, 0.717) is 0 Å². The predicted octanol–water partition coefficient (Wildman–Crippen LogP) is 2.15. The highest BCUT2D eigenvalue weighted by atomic mass is 19.3. The lowest BCUT2D eigenvalue weighted by molar-refractivity contribution is -0.172. The van der Waals surface area contributed by atoms with E-state index in [-0.39, 0.29) is 16.2 Å². The molecular formula is C18H18F2N2O6. The summed E-state index contributed by atoms with van der Waals surface area (Å²) in [6.45, 7) is 4.31. The Morgan fingerprint density at radius 3 is 2.18 bits per heavy atom. The molecule has 3 amide bonds. The maximum Gasteiger partial charge on any atom is 0.407 e. The van der Waals surface area contributed by atoms with Gasteiger partial charge < -0.3 is 14.9 Å². The van der Waals surface area contributed by atoms with Gasteiger partial charge in [-0.1, -0.05) is 17.2 Å². The minimum Gasteiger partial charge on any atom is -0.444 e. The van der Waals surface area contributed by atoms with Gasteiger partial charge in [0.25, 0.3) is 17.7 Å². The van der Waals surface area contributed by atoms with Crippen molar-refractivity contribution < 1.29 is 37.5 Å². The number of carbonyl (C=O) groups is 4. The van der Waals surface area contributed by atoms with Crippen molar-refractivity contribution in [2.75, 3.05) is 6.54 Å². The quantitative estimate of drug-likeness (QED) is 0.783. The molecule has 1 aromatic carbocycles. The highest BCUT2D eigenvalue weighted by molar-refractivity contribution is 6.20. The van der Waals surface area contributed by atoms with Gasteiger partial charge in [-0.25, -0.2) is 18.4 Å². The highest BCUT2D eigenvalue weighted by Crippen LogP contribution is 2.55. The smallest absolute Gasteiger partial charge is 0.407 e. The van der Waals surface area contributed by atoms with E-state index in [1.165, 1.54) is 24.3 Å². The molecule has 2 atom stereocenters. The molecule has 0 aromatic heterocycles. The fourth-order valence-electron chi connectivity index (χ4n) is 2.87. The van der Waals surface area contributed by atoms with E-state index >= 15 is 0 Å². The molecule has 1 N–H and O–H groups in total. The van der Waals surface area contributed by atoms with Crippen LogP contribution in [0.5, 0.6) is 0 Å². The summed E-state index contributed by atoms with van der Waals surface area (Å²) in [4.78, 5) is 52.6. The van der Waals surface area contributed by atoms with E-state index < -0.39 is 53.8 Å². The molecule has 8 nitrogen and oxygen atoms in total. The van der Waals surface area contributed by atoms with Crippen LogP contribution >= 0.6 is 0 Å². The number of fused-ring (bicyclic) bond motifs is 1. The van der Waals surface area contributed by atoms with Crippen LogP contribution < -0.4 is 5.32 Å². The first-order valence-electron chi connectivity index (χ1n) is 8.48. The molecule has 1 aliphatic carbocycles. The zero-order valence-corrected chi connectivity index (χ0v) is 15.3. The van der Waals surface area contributed by atoms with Gasteiger partial charge in [0.2, 0.25) is 0 Å². The van der Waals surface area contributed by atoms with Crippen molar-refractivity contribution in [3.05, 3.63) is 35.4 Å². The van der Waals surface area contributed by atoms with Crippen molar-refractivity contribution in [1.82, 2.24) is 10.4 Å². The van der Waals surface area contributed by atoms with Crippen molar-refractivity contribution in [2.45, 2.75) is 32.3 Å². The van der Waals surface area contributed by atoms with Crippen LogP contribution in [0.3, 0.4) is 0 Å². The molecule has 0 radical (unpaired) electrons. The third-order valence-electron chi connectivity index (χ3n) is 4.26. The standard InChI is InChI=1S/C18H18F2N2O6/c1-17(2,3)27-16(26)21-8-11-12(18(11,19)20)15(25)28-22-13(23)9-6-4-5-7-10(9)14(22)24/h4-7,11-12H,8H2,1-3H3,(H,21,26)/t11-,12-/m1/s1. The Kier molecular flexibility index (Phi) is 4.60. The molecule has 1 heterocycles. The number of nitrogens with zero attached hydrogens (tertiary/aromatic N) is 1. The van der Waals surface area contributed by atoms with Crippen LogP contribution in [-0.2, 0) is 14.4 Å². The van der Waals surface area contributed by atoms with Crippen LogP contribution in [-0.4, -0.2) is 47.0 Å². The van der Waals surface area contributed by atoms with E-state index in [4.69, 9.17) is 4.74 Å². The number of ether oxygens (including phenoxy) is 1. The number of amides is 3. The molecule has 28 heavy (non-hydrogen) atoms. The molecule has 0 unspecified atom stereocenters. The average Bonchev–Trinajstić information content (AvgIpc) is 3.07. The molecule has 1 aromatic rings. The summed E-state index contributed by atoms with van der Waals surface area (Å²) in [5.74, 6) is -10.1. The van der Waals surface area contributed by atoms with E-state index in [2.05, 4.69) is 10.2 Å². The molecule has 0 spiro atoms. The van der Waals surface area contributed by atoms with Crippen LogP contribution in [0.25, 0.3) is 0 Å². The topological polar surface area (TPSA) is 102 Å². The number of alkyl halides is 2. The average molecular weight is 396 g/mol. The van der Waals surface area contributed by atoms with Gasteiger partial charge in [-0.3, -0.25) is 9.59 Å². The van der Waals surface area contributed by atoms with Crippen molar-refractivity contribution in [2.24, 2.45) is 11.8 Å². The number of alkyl carbamates (subject to hydrolysis) is 1. The normalized spacial score (nSPS) is 22.5. The van der Waals surface area contributed by atoms with Crippen molar-refractivity contribution in [3.63, 3.8) is 0 Å². The second-order valence-corrected chi connectivity index (χ2v) is 7.50. The Balaban J connectivity index is 1.60. The molecule has 150 valence electrons. The van der Waals surface area contributed by atoms with Gasteiger partial charge >= 0.3 is 12.1 Å². The number of carbonyl (C=O) groups excluding carboxylic acids is 4. The summed E-state index contributed by atoms with van der Waals surface area (Å²) in [6, 6.07) is 5.76. The first-order chi connectivity index (χ1) is 12.9. The predicted molar refractivity (Wildman–Crippen MR) is 89.2 cm³/mol. The molecule has 1 saturated carbocycles. The molecule has 10 heteroatoms. The molecular weight excluding hydrogens is 378 g/mol. The first kappa shape index (κ1) is 19.7. The zero-order chi connectivity index (χ0) is 20.9. The third kappa shape index (κ3) is 3.54. The summed E-state index contributed by atoms with van der Waals surface area (Å²) >= 11 is 0. The van der Waals surface area contributed by atoms with Crippen LogP contribution in [0.1, 0.15) is 41.5 Å². The lowest BCUT2D eigenvalue weighted by Crippen LogP contribution is -2.35. The number of halogens is 2. The fraction of sp³-hybridized carbons (Fsp3) is 0.444. The van der Waals surface area contributed by atoms with Gasteiger partial charge in [-0.05, 0) is 32.9 Å². The monoisotopic (exact) mass is 396 g/mol. The number of hydrogen-bond donors (Lipinski definition) is 1. The Morgan fingerprint density at radius 2 is 1.68 bits per heavy atom. The Bertz CT molecular complexity index is 829. The Labute approximate surface area is 158 Å². The number of nitrogens with one attached hydrogen (secondary N) is 1. The van der Waals surface area contributed by atoms with E-state index in [1.807, 2.05) is 0 Å². The van der Waals surface area contributed by atoms with Crippen molar-refractivity contribution >= 4 is 23.9 Å². The Hall–Kier alpha value is -3.04. The van der Waals surface area contributed by atoms with Crippen molar-refractivity contribution in [3.8, 4) is 0 Å². The number of rotatable bonds is 4. The van der Waals surface area contributed by atoms with Crippen LogP contribution in [0.4, 0.5) is 13.6 Å². The number of benzene rings is 1. The van der Waals surface area contributed by atoms with Crippen molar-refractivity contribution in [1.29, 1.82) is 0 Å². The minimum absolute atomic E-state index is 0.0194. The van der Waals surface area contributed by atoms with Gasteiger partial charge in [-0.2, -0.15) is 0 Å².